The zero-order valence-corrected chi connectivity index (χ0v) is 23.4. The Balaban J connectivity index is 1.31. The molecule has 1 aliphatic carbocycles. The molecule has 4 atom stereocenters. The molecule has 2 unspecified atom stereocenters. The number of anilines is 1. The number of nitrogens with zero attached hydrogens (tertiary/aromatic N) is 3. The third-order valence-corrected chi connectivity index (χ3v) is 9.93. The first-order valence-corrected chi connectivity index (χ1v) is 14.6. The number of ether oxygens (including phenoxy) is 1. The van der Waals surface area contributed by atoms with Crippen molar-refractivity contribution in [2.75, 3.05) is 37.7 Å². The van der Waals surface area contributed by atoms with Crippen LogP contribution in [0, 0.1) is 23.0 Å². The summed E-state index contributed by atoms with van der Waals surface area (Å²) >= 11 is 6.52. The SMILES string of the molecule is C[C@]12CC[C@H](CN(c3nc(OCC45CNCC4C5)nc4c(F)c(-c5cc(O)cc6cccc(Cl)c56)c(F)cc34)C1)N2. The van der Waals surface area contributed by atoms with Crippen molar-refractivity contribution in [3.63, 3.8) is 0 Å². The number of benzene rings is 3. The predicted octanol–water partition coefficient (Wildman–Crippen LogP) is 5.41. The van der Waals surface area contributed by atoms with E-state index in [0.717, 1.165) is 32.4 Å². The minimum atomic E-state index is -0.838. The Morgan fingerprint density at radius 3 is 2.88 bits per heavy atom. The number of hydrogen-bond donors (Lipinski definition) is 3. The topological polar surface area (TPSA) is 82.5 Å². The minimum Gasteiger partial charge on any atom is -0.508 e. The number of aromatic nitrogens is 2. The number of piperazine rings is 1. The lowest BCUT2D eigenvalue weighted by molar-refractivity contribution is 0.220. The second-order valence-electron chi connectivity index (χ2n) is 12.6. The molecule has 2 bridgehead atoms. The number of aromatic hydroxyl groups is 1. The molecular formula is C31H30ClF2N5O2. The van der Waals surface area contributed by atoms with Gasteiger partial charge in [-0.1, -0.05) is 23.7 Å². The van der Waals surface area contributed by atoms with E-state index in [1.807, 2.05) is 0 Å². The fourth-order valence-electron chi connectivity index (χ4n) is 7.45. The summed E-state index contributed by atoms with van der Waals surface area (Å²) in [6.07, 6.45) is 3.15. The summed E-state index contributed by atoms with van der Waals surface area (Å²) in [5, 5.41) is 19.2. The fraction of sp³-hybridized carbons (Fsp3) is 0.419. The number of phenols is 1. The van der Waals surface area contributed by atoms with Crippen LogP contribution in [0.5, 0.6) is 11.8 Å². The summed E-state index contributed by atoms with van der Waals surface area (Å²) in [6, 6.07) is 9.67. The van der Waals surface area contributed by atoms with Crippen LogP contribution in [0.2, 0.25) is 5.02 Å². The van der Waals surface area contributed by atoms with Crippen molar-refractivity contribution in [2.24, 2.45) is 11.3 Å². The van der Waals surface area contributed by atoms with Crippen molar-refractivity contribution >= 4 is 39.1 Å². The van der Waals surface area contributed by atoms with Crippen molar-refractivity contribution in [1.29, 1.82) is 0 Å². The van der Waals surface area contributed by atoms with E-state index in [0.29, 0.717) is 52.6 Å². The average molecular weight is 578 g/mol. The second kappa shape index (κ2) is 8.86. The maximum absolute atomic E-state index is 16.6. The van der Waals surface area contributed by atoms with E-state index in [2.05, 4.69) is 27.4 Å². The molecule has 41 heavy (non-hydrogen) atoms. The van der Waals surface area contributed by atoms with Gasteiger partial charge >= 0.3 is 6.01 Å². The highest BCUT2D eigenvalue weighted by atomic mass is 35.5. The van der Waals surface area contributed by atoms with Gasteiger partial charge in [0, 0.05) is 58.0 Å². The van der Waals surface area contributed by atoms with Crippen molar-refractivity contribution in [2.45, 2.75) is 37.8 Å². The number of nitrogens with one attached hydrogen (secondary N) is 2. The van der Waals surface area contributed by atoms with E-state index >= 15 is 8.78 Å². The molecule has 212 valence electrons. The molecule has 1 aromatic heterocycles. The number of phenolic OH excluding ortho intramolecular Hbond substituents is 1. The van der Waals surface area contributed by atoms with Gasteiger partial charge in [-0.05, 0) is 68.3 Å². The Labute approximate surface area is 240 Å². The van der Waals surface area contributed by atoms with Crippen LogP contribution in [0.4, 0.5) is 14.6 Å². The summed E-state index contributed by atoms with van der Waals surface area (Å²) in [4.78, 5) is 11.4. The Morgan fingerprint density at radius 2 is 2.10 bits per heavy atom. The summed E-state index contributed by atoms with van der Waals surface area (Å²) in [5.74, 6) is -0.681. The van der Waals surface area contributed by atoms with Crippen LogP contribution in [0.15, 0.2) is 36.4 Å². The highest BCUT2D eigenvalue weighted by Gasteiger charge is 2.57. The molecule has 4 heterocycles. The van der Waals surface area contributed by atoms with E-state index in [4.69, 9.17) is 21.3 Å². The number of rotatable bonds is 5. The van der Waals surface area contributed by atoms with Gasteiger partial charge in [0.05, 0.1) is 12.2 Å². The minimum absolute atomic E-state index is 0.0182. The number of halogens is 3. The molecule has 3 N–H and O–H groups in total. The zero-order valence-electron chi connectivity index (χ0n) is 22.6. The summed E-state index contributed by atoms with van der Waals surface area (Å²) in [5.41, 5.74) is -0.185. The van der Waals surface area contributed by atoms with Gasteiger partial charge in [0.2, 0.25) is 0 Å². The van der Waals surface area contributed by atoms with Crippen LogP contribution in [-0.2, 0) is 0 Å². The molecule has 0 radical (unpaired) electrons. The summed E-state index contributed by atoms with van der Waals surface area (Å²) < 4.78 is 38.9. The monoisotopic (exact) mass is 577 g/mol. The van der Waals surface area contributed by atoms with E-state index in [1.165, 1.54) is 18.2 Å². The number of fused-ring (bicyclic) bond motifs is 5. The molecule has 0 amide bonds. The standard InChI is InChI=1S/C31H30ClF2N5O2/c1-30-6-5-18(38-30)12-39(14-30)28-21-9-23(33)25(20-8-19(40)7-16-3-2-4-22(32)24(16)20)26(34)27(21)36-29(37-28)41-15-31-10-17(31)11-35-13-31/h2-4,7-9,17-18,35,38,40H,5-6,10-15H2,1H3/t17?,18-,30+,31?/m1/s1. The zero-order chi connectivity index (χ0) is 28.1. The molecule has 4 fully saturated rings. The first-order valence-electron chi connectivity index (χ1n) is 14.2. The van der Waals surface area contributed by atoms with Gasteiger partial charge in [0.25, 0.3) is 0 Å². The largest absolute Gasteiger partial charge is 0.508 e. The van der Waals surface area contributed by atoms with Crippen LogP contribution in [-0.4, -0.2) is 59.4 Å². The van der Waals surface area contributed by atoms with Gasteiger partial charge in [-0.3, -0.25) is 0 Å². The van der Waals surface area contributed by atoms with Gasteiger partial charge < -0.3 is 25.4 Å². The lowest BCUT2D eigenvalue weighted by Gasteiger charge is -2.40. The third kappa shape index (κ3) is 4.04. The van der Waals surface area contributed by atoms with Crippen molar-refractivity contribution in [3.05, 3.63) is 53.1 Å². The van der Waals surface area contributed by atoms with Gasteiger partial charge in [-0.2, -0.15) is 9.97 Å². The van der Waals surface area contributed by atoms with E-state index in [9.17, 15) is 5.11 Å². The Kier molecular flexibility index (Phi) is 5.50. The molecule has 3 aliphatic heterocycles. The summed E-state index contributed by atoms with van der Waals surface area (Å²) in [7, 11) is 0. The Bertz CT molecular complexity index is 1750. The fourth-order valence-corrected chi connectivity index (χ4v) is 7.73. The van der Waals surface area contributed by atoms with Crippen LogP contribution < -0.4 is 20.3 Å². The smallest absolute Gasteiger partial charge is 0.319 e. The average Bonchev–Trinajstić information content (AvgIpc) is 3.34. The molecule has 3 saturated heterocycles. The molecule has 4 aliphatic rings. The quantitative estimate of drug-likeness (QED) is 0.293. The highest BCUT2D eigenvalue weighted by Crippen LogP contribution is 2.55. The van der Waals surface area contributed by atoms with Crippen LogP contribution >= 0.6 is 11.6 Å². The summed E-state index contributed by atoms with van der Waals surface area (Å²) in [6.45, 7) is 5.81. The number of piperidine rings is 1. The van der Waals surface area contributed by atoms with Gasteiger partial charge in [0.15, 0.2) is 5.82 Å². The van der Waals surface area contributed by atoms with Crippen LogP contribution in [0.25, 0.3) is 32.8 Å². The van der Waals surface area contributed by atoms with Crippen LogP contribution in [0.3, 0.4) is 0 Å². The molecule has 8 rings (SSSR count). The van der Waals surface area contributed by atoms with E-state index < -0.39 is 11.6 Å². The van der Waals surface area contributed by atoms with E-state index in [1.54, 1.807) is 18.2 Å². The third-order valence-electron chi connectivity index (χ3n) is 9.62. The molecule has 7 nitrogen and oxygen atoms in total. The maximum Gasteiger partial charge on any atom is 0.319 e. The normalized spacial score (nSPS) is 28.4. The van der Waals surface area contributed by atoms with Crippen LogP contribution in [0.1, 0.15) is 26.2 Å². The van der Waals surface area contributed by atoms with Crippen molar-refractivity contribution in [3.8, 4) is 22.9 Å². The first kappa shape index (κ1) is 25.4. The maximum atomic E-state index is 16.6. The number of hydrogen-bond acceptors (Lipinski definition) is 7. The molecule has 10 heteroatoms. The van der Waals surface area contributed by atoms with Crippen molar-refractivity contribution < 1.29 is 18.6 Å². The Morgan fingerprint density at radius 1 is 1.22 bits per heavy atom. The van der Waals surface area contributed by atoms with Crippen molar-refractivity contribution in [1.82, 2.24) is 20.6 Å². The molecule has 4 aromatic rings. The van der Waals surface area contributed by atoms with Gasteiger partial charge in [-0.15, -0.1) is 0 Å². The molecule has 1 saturated carbocycles. The second-order valence-corrected chi connectivity index (χ2v) is 13.0. The Hall–Kier alpha value is -3.27. The first-order chi connectivity index (χ1) is 19.7. The van der Waals surface area contributed by atoms with E-state index in [-0.39, 0.29) is 45.4 Å². The van der Waals surface area contributed by atoms with Gasteiger partial charge in [-0.25, -0.2) is 8.78 Å². The van der Waals surface area contributed by atoms with Gasteiger partial charge in [0.1, 0.15) is 22.9 Å². The molecule has 3 aromatic carbocycles. The lowest BCUT2D eigenvalue weighted by atomic mass is 9.95. The lowest BCUT2D eigenvalue weighted by Crippen LogP contribution is -2.58. The highest BCUT2D eigenvalue weighted by molar-refractivity contribution is 6.36. The molecular weight excluding hydrogens is 548 g/mol. The molecule has 0 spiro atoms. The predicted molar refractivity (Wildman–Crippen MR) is 155 cm³/mol.